The molecule has 7 heteroatoms. The fourth-order valence-corrected chi connectivity index (χ4v) is 4.09. The van der Waals surface area contributed by atoms with Crippen LogP contribution in [0.15, 0.2) is 34.9 Å². The number of likely N-dealkylation sites (tertiary alicyclic amines) is 1. The quantitative estimate of drug-likeness (QED) is 0.914. The lowest BCUT2D eigenvalue weighted by molar-refractivity contribution is 0.00942. The van der Waals surface area contributed by atoms with Crippen LogP contribution in [0.5, 0.6) is 0 Å². The largest absolute Gasteiger partial charge is 0.381 e. The highest BCUT2D eigenvalue weighted by atomic mass is 16.5. The number of hydrogen-bond donors (Lipinski definition) is 1. The van der Waals surface area contributed by atoms with Crippen LogP contribution in [0.4, 0.5) is 4.79 Å². The van der Waals surface area contributed by atoms with E-state index in [1.165, 1.54) is 0 Å². The molecule has 2 saturated heterocycles. The zero-order valence-corrected chi connectivity index (χ0v) is 15.0. The van der Waals surface area contributed by atoms with Crippen LogP contribution in [-0.4, -0.2) is 47.4 Å². The van der Waals surface area contributed by atoms with Gasteiger partial charge in [0.1, 0.15) is 0 Å². The van der Waals surface area contributed by atoms with Crippen molar-refractivity contribution >= 4 is 6.03 Å². The molecule has 3 heterocycles. The summed E-state index contributed by atoms with van der Waals surface area (Å²) < 4.78 is 11.0. The summed E-state index contributed by atoms with van der Waals surface area (Å²) in [6.07, 6.45) is 1.81. The molecule has 138 valence electrons. The molecule has 0 aliphatic carbocycles. The molecule has 1 aromatic heterocycles. The Kier molecular flexibility index (Phi) is 4.63. The highest BCUT2D eigenvalue weighted by molar-refractivity contribution is 5.74. The molecule has 2 amide bonds. The van der Waals surface area contributed by atoms with Crippen molar-refractivity contribution in [2.45, 2.75) is 32.2 Å². The third-order valence-corrected chi connectivity index (χ3v) is 5.55. The van der Waals surface area contributed by atoms with Gasteiger partial charge >= 0.3 is 6.03 Å². The van der Waals surface area contributed by atoms with Crippen molar-refractivity contribution in [1.82, 2.24) is 20.4 Å². The number of carbonyl (C=O) groups excluding carboxylic acids is 1. The van der Waals surface area contributed by atoms with E-state index in [2.05, 4.69) is 15.5 Å². The maximum absolute atomic E-state index is 12.7. The number of nitrogens with zero attached hydrogens (tertiary/aromatic N) is 3. The van der Waals surface area contributed by atoms with Crippen LogP contribution in [0.3, 0.4) is 0 Å². The van der Waals surface area contributed by atoms with Gasteiger partial charge in [-0.3, -0.25) is 0 Å². The van der Waals surface area contributed by atoms with Crippen LogP contribution < -0.4 is 5.32 Å². The van der Waals surface area contributed by atoms with Crippen LogP contribution in [0.1, 0.15) is 36.0 Å². The van der Waals surface area contributed by atoms with Gasteiger partial charge in [-0.05, 0) is 25.3 Å². The molecule has 26 heavy (non-hydrogen) atoms. The van der Waals surface area contributed by atoms with E-state index in [1.54, 1.807) is 0 Å². The predicted molar refractivity (Wildman–Crippen MR) is 94.5 cm³/mol. The van der Waals surface area contributed by atoms with E-state index < -0.39 is 0 Å². The number of aryl methyl sites for hydroxylation is 1. The van der Waals surface area contributed by atoms with Crippen LogP contribution >= 0.6 is 0 Å². The number of ether oxygens (including phenoxy) is 1. The van der Waals surface area contributed by atoms with Crippen molar-refractivity contribution in [2.24, 2.45) is 5.41 Å². The molecule has 2 aliphatic rings. The average molecular weight is 356 g/mol. The minimum atomic E-state index is -0.0431. The highest BCUT2D eigenvalue weighted by Gasteiger charge is 2.51. The first kappa shape index (κ1) is 17.0. The summed E-state index contributed by atoms with van der Waals surface area (Å²) in [5.74, 6) is 1.34. The van der Waals surface area contributed by atoms with Gasteiger partial charge in [0.25, 0.3) is 0 Å². The lowest BCUT2D eigenvalue weighted by Gasteiger charge is -2.36. The third-order valence-electron chi connectivity index (χ3n) is 5.55. The topological polar surface area (TPSA) is 80.5 Å². The van der Waals surface area contributed by atoms with Gasteiger partial charge in [-0.25, -0.2) is 4.79 Å². The lowest BCUT2D eigenvalue weighted by Crippen LogP contribution is -2.41. The Morgan fingerprint density at radius 1 is 1.31 bits per heavy atom. The molecule has 2 fully saturated rings. The second-order valence-electron chi connectivity index (χ2n) is 7.23. The number of nitrogens with one attached hydrogen (secondary N) is 1. The maximum Gasteiger partial charge on any atom is 0.317 e. The zero-order valence-electron chi connectivity index (χ0n) is 15.0. The van der Waals surface area contributed by atoms with Gasteiger partial charge in [-0.2, -0.15) is 4.98 Å². The summed E-state index contributed by atoms with van der Waals surface area (Å²) in [6.45, 7) is 5.07. The fourth-order valence-electron chi connectivity index (χ4n) is 4.09. The van der Waals surface area contributed by atoms with E-state index in [1.807, 2.05) is 42.2 Å². The summed E-state index contributed by atoms with van der Waals surface area (Å²) in [5, 5.41) is 6.98. The van der Waals surface area contributed by atoms with Crippen molar-refractivity contribution in [3.8, 4) is 0 Å². The Morgan fingerprint density at radius 3 is 2.77 bits per heavy atom. The first-order valence-corrected chi connectivity index (χ1v) is 9.11. The molecule has 1 spiro atoms. The Morgan fingerprint density at radius 2 is 2.08 bits per heavy atom. The number of urea groups is 1. The molecule has 0 radical (unpaired) electrons. The number of rotatable bonds is 3. The van der Waals surface area contributed by atoms with E-state index in [0.717, 1.165) is 18.4 Å². The molecule has 0 bridgehead atoms. The summed E-state index contributed by atoms with van der Waals surface area (Å²) in [7, 11) is 0. The van der Waals surface area contributed by atoms with Crippen molar-refractivity contribution in [2.75, 3.05) is 26.3 Å². The molecule has 1 atom stereocenters. The molecule has 0 saturated carbocycles. The summed E-state index contributed by atoms with van der Waals surface area (Å²) in [6, 6.07) is 9.89. The smallest absolute Gasteiger partial charge is 0.317 e. The van der Waals surface area contributed by atoms with Gasteiger partial charge in [0, 0.05) is 38.3 Å². The first-order chi connectivity index (χ1) is 12.7. The van der Waals surface area contributed by atoms with Crippen LogP contribution in [0.25, 0.3) is 0 Å². The Labute approximate surface area is 152 Å². The van der Waals surface area contributed by atoms with E-state index in [9.17, 15) is 4.79 Å². The molecular formula is C19H24N4O3. The number of carbonyl (C=O) groups is 1. The van der Waals surface area contributed by atoms with Crippen molar-refractivity contribution < 1.29 is 14.1 Å². The first-order valence-electron chi connectivity index (χ1n) is 9.11. The molecule has 1 N–H and O–H groups in total. The van der Waals surface area contributed by atoms with Crippen LogP contribution in [-0.2, 0) is 11.3 Å². The fraction of sp³-hybridized carbons (Fsp3) is 0.526. The normalized spacial score (nSPS) is 21.9. The van der Waals surface area contributed by atoms with Crippen LogP contribution in [0.2, 0.25) is 0 Å². The van der Waals surface area contributed by atoms with E-state index >= 15 is 0 Å². The summed E-state index contributed by atoms with van der Waals surface area (Å²) in [4.78, 5) is 19.1. The van der Waals surface area contributed by atoms with Gasteiger partial charge in [0.05, 0.1) is 5.92 Å². The van der Waals surface area contributed by atoms with Crippen LogP contribution in [0, 0.1) is 12.3 Å². The Balaban J connectivity index is 1.48. The minimum Gasteiger partial charge on any atom is -0.381 e. The summed E-state index contributed by atoms with van der Waals surface area (Å²) in [5.41, 5.74) is 1.05. The Bertz CT molecular complexity index is 755. The monoisotopic (exact) mass is 356 g/mol. The SMILES string of the molecule is Cc1noc(C2CN(C(=O)NCc3ccccc3)CC23CCOCC3)n1. The van der Waals surface area contributed by atoms with Gasteiger partial charge in [0.15, 0.2) is 5.82 Å². The van der Waals surface area contributed by atoms with Gasteiger partial charge in [0.2, 0.25) is 5.89 Å². The Hall–Kier alpha value is -2.41. The average Bonchev–Trinajstić information content (AvgIpc) is 3.25. The van der Waals surface area contributed by atoms with Crippen molar-refractivity contribution in [1.29, 1.82) is 0 Å². The zero-order chi connectivity index (χ0) is 18.0. The van der Waals surface area contributed by atoms with Crippen molar-refractivity contribution in [3.05, 3.63) is 47.6 Å². The number of amides is 2. The third kappa shape index (κ3) is 3.31. The molecular weight excluding hydrogens is 332 g/mol. The van der Waals surface area contributed by atoms with Crippen molar-refractivity contribution in [3.63, 3.8) is 0 Å². The minimum absolute atomic E-state index is 0.0404. The molecule has 1 unspecified atom stereocenters. The number of aromatic nitrogens is 2. The van der Waals surface area contributed by atoms with Gasteiger partial charge < -0.3 is 19.5 Å². The maximum atomic E-state index is 12.7. The molecule has 1 aromatic carbocycles. The standard InChI is InChI=1S/C19H24N4O3/c1-14-21-17(26-22-14)16-12-23(13-19(16)7-9-25-10-8-19)18(24)20-11-15-5-3-2-4-6-15/h2-6,16H,7-13H2,1H3,(H,20,24). The van der Waals surface area contributed by atoms with E-state index in [4.69, 9.17) is 9.26 Å². The van der Waals surface area contributed by atoms with E-state index in [-0.39, 0.29) is 17.4 Å². The van der Waals surface area contributed by atoms with Gasteiger partial charge in [-0.1, -0.05) is 35.5 Å². The predicted octanol–water partition coefficient (Wildman–Crippen LogP) is 2.48. The highest BCUT2D eigenvalue weighted by Crippen LogP contribution is 2.49. The summed E-state index contributed by atoms with van der Waals surface area (Å²) >= 11 is 0. The molecule has 4 rings (SSSR count). The van der Waals surface area contributed by atoms with Gasteiger partial charge in [-0.15, -0.1) is 0 Å². The second kappa shape index (κ2) is 7.07. The number of hydrogen-bond acceptors (Lipinski definition) is 5. The lowest BCUT2D eigenvalue weighted by atomic mass is 9.72. The molecule has 2 aromatic rings. The molecule has 2 aliphatic heterocycles. The van der Waals surface area contributed by atoms with E-state index in [0.29, 0.717) is 44.6 Å². The number of benzene rings is 1. The molecule has 7 nitrogen and oxygen atoms in total. The second-order valence-corrected chi connectivity index (χ2v) is 7.23.